The maximum atomic E-state index is 12.6. The maximum Gasteiger partial charge on any atom is 0.276 e. The van der Waals surface area contributed by atoms with Gasteiger partial charge in [0.1, 0.15) is 5.54 Å². The minimum atomic E-state index is -0.882. The van der Waals surface area contributed by atoms with Crippen molar-refractivity contribution in [2.24, 2.45) is 5.41 Å². The van der Waals surface area contributed by atoms with E-state index in [1.807, 2.05) is 0 Å². The second-order valence-corrected chi connectivity index (χ2v) is 6.88. The zero-order valence-electron chi connectivity index (χ0n) is 13.1. The van der Waals surface area contributed by atoms with Crippen LogP contribution in [0.4, 0.5) is 0 Å². The number of carbonyl (C=O) groups excluding carboxylic acids is 2. The van der Waals surface area contributed by atoms with Crippen LogP contribution in [-0.2, 0) is 16.1 Å². The summed E-state index contributed by atoms with van der Waals surface area (Å²) < 4.78 is 6.89. The average molecular weight is 307 g/mol. The second kappa shape index (κ2) is 5.05. The topological polar surface area (TPSA) is 89.4 Å². The molecular formula is C14H21N5O3. The molecule has 0 spiro atoms. The lowest BCUT2D eigenvalue weighted by Gasteiger charge is -2.40. The van der Waals surface area contributed by atoms with Gasteiger partial charge in [-0.15, -0.1) is 5.10 Å². The molecule has 2 fully saturated rings. The van der Waals surface area contributed by atoms with Crippen molar-refractivity contribution in [3.8, 4) is 0 Å². The molecule has 2 aliphatic heterocycles. The Labute approximate surface area is 128 Å². The Morgan fingerprint density at radius 3 is 2.77 bits per heavy atom. The number of hydrogen-bond donors (Lipinski definition) is 1. The van der Waals surface area contributed by atoms with Gasteiger partial charge in [0.2, 0.25) is 5.91 Å². The van der Waals surface area contributed by atoms with Crippen LogP contribution in [0.2, 0.25) is 0 Å². The third-order valence-electron chi connectivity index (χ3n) is 4.30. The molecule has 2 amide bonds. The molecule has 0 unspecified atom stereocenters. The van der Waals surface area contributed by atoms with Crippen LogP contribution in [0.5, 0.6) is 0 Å². The zero-order chi connectivity index (χ0) is 16.0. The van der Waals surface area contributed by atoms with Gasteiger partial charge in [-0.1, -0.05) is 12.1 Å². The fourth-order valence-electron chi connectivity index (χ4n) is 2.80. The molecule has 0 aliphatic carbocycles. The van der Waals surface area contributed by atoms with Crippen LogP contribution in [0.25, 0.3) is 0 Å². The number of piperazine rings is 1. The van der Waals surface area contributed by atoms with E-state index < -0.39 is 5.54 Å². The molecule has 1 aromatic heterocycles. The van der Waals surface area contributed by atoms with Crippen molar-refractivity contribution < 1.29 is 14.3 Å². The van der Waals surface area contributed by atoms with Gasteiger partial charge in [-0.2, -0.15) is 0 Å². The first-order chi connectivity index (χ1) is 10.3. The highest BCUT2D eigenvalue weighted by atomic mass is 16.5. The molecule has 22 heavy (non-hydrogen) atoms. The molecule has 120 valence electrons. The Kier molecular flexibility index (Phi) is 3.43. The van der Waals surface area contributed by atoms with E-state index in [1.165, 1.54) is 0 Å². The van der Waals surface area contributed by atoms with Crippen molar-refractivity contribution in [2.45, 2.75) is 32.9 Å². The van der Waals surface area contributed by atoms with Gasteiger partial charge in [-0.05, 0) is 13.8 Å². The van der Waals surface area contributed by atoms with Crippen molar-refractivity contribution in [3.63, 3.8) is 0 Å². The van der Waals surface area contributed by atoms with E-state index in [-0.39, 0.29) is 22.9 Å². The Hall–Kier alpha value is -1.96. The van der Waals surface area contributed by atoms with Crippen molar-refractivity contribution >= 4 is 11.8 Å². The first-order valence-corrected chi connectivity index (χ1v) is 7.40. The minimum absolute atomic E-state index is 0.0539. The highest BCUT2D eigenvalue weighted by molar-refractivity contribution is 5.98. The summed E-state index contributed by atoms with van der Waals surface area (Å²) in [6.07, 6.45) is 1.65. The normalized spacial score (nSPS) is 22.9. The number of nitrogens with zero attached hydrogens (tertiary/aromatic N) is 4. The maximum absolute atomic E-state index is 12.6. The molecule has 2 saturated heterocycles. The number of nitrogens with one attached hydrogen (secondary N) is 1. The van der Waals surface area contributed by atoms with Gasteiger partial charge in [0.25, 0.3) is 5.91 Å². The summed E-state index contributed by atoms with van der Waals surface area (Å²) in [7, 11) is 0. The molecule has 1 N–H and O–H groups in total. The lowest BCUT2D eigenvalue weighted by Crippen LogP contribution is -2.63. The molecule has 8 nitrogen and oxygen atoms in total. The lowest BCUT2D eigenvalue weighted by atomic mass is 9.89. The Morgan fingerprint density at radius 2 is 2.14 bits per heavy atom. The van der Waals surface area contributed by atoms with Crippen molar-refractivity contribution in [1.82, 2.24) is 25.2 Å². The second-order valence-electron chi connectivity index (χ2n) is 6.88. The molecule has 3 rings (SSSR count). The summed E-state index contributed by atoms with van der Waals surface area (Å²) in [4.78, 5) is 26.1. The van der Waals surface area contributed by atoms with E-state index in [2.05, 4.69) is 22.6 Å². The monoisotopic (exact) mass is 307 g/mol. The Bertz CT molecular complexity index is 605. The Balaban J connectivity index is 1.75. The summed E-state index contributed by atoms with van der Waals surface area (Å²) >= 11 is 0. The van der Waals surface area contributed by atoms with Crippen molar-refractivity contribution in [2.75, 3.05) is 26.3 Å². The number of amides is 2. The predicted molar refractivity (Wildman–Crippen MR) is 77.1 cm³/mol. The largest absolute Gasteiger partial charge is 0.380 e. The van der Waals surface area contributed by atoms with Gasteiger partial charge in [0.05, 0.1) is 26.0 Å². The summed E-state index contributed by atoms with van der Waals surface area (Å²) in [6.45, 7) is 8.54. The van der Waals surface area contributed by atoms with E-state index in [9.17, 15) is 9.59 Å². The summed E-state index contributed by atoms with van der Waals surface area (Å²) in [6, 6.07) is 0. The number of carbonyl (C=O) groups is 2. The molecule has 0 saturated carbocycles. The van der Waals surface area contributed by atoms with Gasteiger partial charge in [0, 0.05) is 18.5 Å². The van der Waals surface area contributed by atoms with Crippen LogP contribution in [0.3, 0.4) is 0 Å². The zero-order valence-corrected chi connectivity index (χ0v) is 13.1. The highest BCUT2D eigenvalue weighted by Gasteiger charge is 2.41. The van der Waals surface area contributed by atoms with E-state index in [0.29, 0.717) is 32.8 Å². The van der Waals surface area contributed by atoms with Crippen LogP contribution in [0, 0.1) is 5.41 Å². The van der Waals surface area contributed by atoms with Gasteiger partial charge in [0.15, 0.2) is 5.69 Å². The average Bonchev–Trinajstić information content (AvgIpc) is 2.88. The van der Waals surface area contributed by atoms with Gasteiger partial charge < -0.3 is 15.0 Å². The van der Waals surface area contributed by atoms with Gasteiger partial charge >= 0.3 is 0 Å². The first kappa shape index (κ1) is 15.0. The molecule has 0 radical (unpaired) electrons. The standard InChI is InChI=1S/C14H21N5O3/c1-13(2)12(21)15-4-5-19(13)11(20)10-6-18(17-16-10)7-14(3)8-22-9-14/h6H,4-5,7-9H2,1-3H3,(H,15,21). The predicted octanol–water partition coefficient (Wildman–Crippen LogP) is -0.335. The number of rotatable bonds is 3. The van der Waals surface area contributed by atoms with E-state index in [1.54, 1.807) is 29.6 Å². The fourth-order valence-corrected chi connectivity index (χ4v) is 2.80. The quantitative estimate of drug-likeness (QED) is 0.825. The van der Waals surface area contributed by atoms with Gasteiger partial charge in [-0.3, -0.25) is 14.3 Å². The highest BCUT2D eigenvalue weighted by Crippen LogP contribution is 2.28. The molecular weight excluding hydrogens is 286 g/mol. The number of hydrogen-bond acceptors (Lipinski definition) is 5. The third-order valence-corrected chi connectivity index (χ3v) is 4.30. The summed E-state index contributed by atoms with van der Waals surface area (Å²) in [5.74, 6) is -0.417. The molecule has 0 atom stereocenters. The molecule has 3 heterocycles. The van der Waals surface area contributed by atoms with E-state index >= 15 is 0 Å². The van der Waals surface area contributed by atoms with Crippen LogP contribution >= 0.6 is 0 Å². The summed E-state index contributed by atoms with van der Waals surface area (Å²) in [5.41, 5.74) is -0.558. The summed E-state index contributed by atoms with van der Waals surface area (Å²) in [5, 5.41) is 10.8. The van der Waals surface area contributed by atoms with Crippen LogP contribution in [-0.4, -0.2) is 63.6 Å². The minimum Gasteiger partial charge on any atom is -0.380 e. The van der Waals surface area contributed by atoms with Crippen LogP contribution < -0.4 is 5.32 Å². The Morgan fingerprint density at radius 1 is 1.41 bits per heavy atom. The van der Waals surface area contributed by atoms with Crippen LogP contribution in [0.15, 0.2) is 6.20 Å². The molecule has 2 aliphatic rings. The van der Waals surface area contributed by atoms with Gasteiger partial charge in [-0.25, -0.2) is 0 Å². The van der Waals surface area contributed by atoms with E-state index in [4.69, 9.17) is 4.74 Å². The molecule has 0 bridgehead atoms. The SMILES string of the molecule is CC1(Cn2cc(C(=O)N3CCNC(=O)C3(C)C)nn2)COC1. The lowest BCUT2D eigenvalue weighted by molar-refractivity contribution is -0.133. The van der Waals surface area contributed by atoms with E-state index in [0.717, 1.165) is 0 Å². The smallest absolute Gasteiger partial charge is 0.276 e. The van der Waals surface area contributed by atoms with Crippen molar-refractivity contribution in [3.05, 3.63) is 11.9 Å². The molecule has 8 heteroatoms. The molecule has 1 aromatic rings. The fraction of sp³-hybridized carbons (Fsp3) is 0.714. The van der Waals surface area contributed by atoms with Crippen LogP contribution in [0.1, 0.15) is 31.3 Å². The first-order valence-electron chi connectivity index (χ1n) is 7.40. The molecule has 0 aromatic carbocycles. The number of aromatic nitrogens is 3. The van der Waals surface area contributed by atoms with Crippen molar-refractivity contribution in [1.29, 1.82) is 0 Å². The number of ether oxygens (including phenoxy) is 1. The third kappa shape index (κ3) is 2.47.